The summed E-state index contributed by atoms with van der Waals surface area (Å²) < 4.78 is 1.18. The van der Waals surface area contributed by atoms with E-state index in [1.807, 2.05) is 0 Å². The summed E-state index contributed by atoms with van der Waals surface area (Å²) in [6.45, 7) is 6.53. The first-order valence-electron chi connectivity index (χ1n) is 5.49. The Bertz CT molecular complexity index is 320. The molecule has 2 N–H and O–H groups in total. The molecular formula is C13H20BrN. The van der Waals surface area contributed by atoms with E-state index in [0.29, 0.717) is 5.92 Å². The van der Waals surface area contributed by atoms with Crippen LogP contribution in [0.2, 0.25) is 0 Å². The molecule has 1 atom stereocenters. The van der Waals surface area contributed by atoms with Crippen molar-refractivity contribution in [1.82, 2.24) is 0 Å². The number of benzene rings is 1. The molecule has 0 radical (unpaired) electrons. The molecule has 1 rings (SSSR count). The molecule has 0 aromatic heterocycles. The summed E-state index contributed by atoms with van der Waals surface area (Å²) in [5.41, 5.74) is 8.67. The van der Waals surface area contributed by atoms with E-state index in [2.05, 4.69) is 54.9 Å². The van der Waals surface area contributed by atoms with E-state index in [0.717, 1.165) is 12.8 Å². The molecule has 0 saturated carbocycles. The Labute approximate surface area is 101 Å². The third kappa shape index (κ3) is 4.35. The maximum absolute atomic E-state index is 6.08. The van der Waals surface area contributed by atoms with E-state index in [1.54, 1.807) is 0 Å². The summed E-state index contributed by atoms with van der Waals surface area (Å²) in [4.78, 5) is 0. The normalized spacial score (nSPS) is 13.2. The molecule has 1 aromatic rings. The lowest BCUT2D eigenvalue weighted by molar-refractivity contribution is 0.493. The summed E-state index contributed by atoms with van der Waals surface area (Å²) >= 11 is 3.55. The predicted octanol–water partition coefficient (Wildman–Crippen LogP) is 3.67. The SMILES string of the molecule is Cc1ccc(CC(N)CC(C)C)cc1Br. The molecule has 0 aliphatic carbocycles. The number of hydrogen-bond donors (Lipinski definition) is 1. The quantitative estimate of drug-likeness (QED) is 0.887. The van der Waals surface area contributed by atoms with Gasteiger partial charge in [0.05, 0.1) is 0 Å². The first-order chi connectivity index (χ1) is 6.99. The van der Waals surface area contributed by atoms with Gasteiger partial charge in [-0.1, -0.05) is 41.9 Å². The summed E-state index contributed by atoms with van der Waals surface area (Å²) in [6.07, 6.45) is 2.06. The van der Waals surface area contributed by atoms with Crippen molar-refractivity contribution in [2.24, 2.45) is 11.7 Å². The van der Waals surface area contributed by atoms with Crippen LogP contribution in [0.4, 0.5) is 0 Å². The van der Waals surface area contributed by atoms with Crippen LogP contribution < -0.4 is 5.73 Å². The fourth-order valence-electron chi connectivity index (χ4n) is 1.75. The van der Waals surface area contributed by atoms with Crippen molar-refractivity contribution in [1.29, 1.82) is 0 Å². The highest BCUT2D eigenvalue weighted by Gasteiger charge is 2.07. The topological polar surface area (TPSA) is 26.0 Å². The standard InChI is InChI=1S/C13H20BrN/c1-9(2)6-12(15)7-11-5-4-10(3)13(14)8-11/h4-5,8-9,12H,6-7,15H2,1-3H3. The third-order valence-electron chi connectivity index (χ3n) is 2.51. The second-order valence-corrected chi connectivity index (χ2v) is 5.53. The van der Waals surface area contributed by atoms with Crippen molar-refractivity contribution in [2.45, 2.75) is 39.7 Å². The highest BCUT2D eigenvalue weighted by Crippen LogP contribution is 2.19. The highest BCUT2D eigenvalue weighted by molar-refractivity contribution is 9.10. The zero-order chi connectivity index (χ0) is 11.4. The molecule has 84 valence electrons. The third-order valence-corrected chi connectivity index (χ3v) is 3.36. The smallest absolute Gasteiger partial charge is 0.0207 e. The van der Waals surface area contributed by atoms with Crippen LogP contribution in [-0.4, -0.2) is 6.04 Å². The number of halogens is 1. The molecule has 0 amide bonds. The average molecular weight is 270 g/mol. The number of aryl methyl sites for hydroxylation is 1. The molecule has 1 nitrogen and oxygen atoms in total. The highest BCUT2D eigenvalue weighted by atomic mass is 79.9. The molecule has 0 aliphatic rings. The molecule has 1 unspecified atom stereocenters. The van der Waals surface area contributed by atoms with Crippen LogP contribution in [0.3, 0.4) is 0 Å². The molecule has 0 heterocycles. The van der Waals surface area contributed by atoms with Crippen molar-refractivity contribution in [2.75, 3.05) is 0 Å². The number of nitrogens with two attached hydrogens (primary N) is 1. The zero-order valence-electron chi connectivity index (χ0n) is 9.76. The van der Waals surface area contributed by atoms with Gasteiger partial charge in [-0.2, -0.15) is 0 Å². The summed E-state index contributed by atoms with van der Waals surface area (Å²) in [7, 11) is 0. The van der Waals surface area contributed by atoms with Gasteiger partial charge in [-0.25, -0.2) is 0 Å². The van der Waals surface area contributed by atoms with Crippen LogP contribution in [0.25, 0.3) is 0 Å². The lowest BCUT2D eigenvalue weighted by Crippen LogP contribution is -2.24. The summed E-state index contributed by atoms with van der Waals surface area (Å²) in [5.74, 6) is 0.675. The monoisotopic (exact) mass is 269 g/mol. The summed E-state index contributed by atoms with van der Waals surface area (Å²) in [5, 5.41) is 0. The van der Waals surface area contributed by atoms with Gasteiger partial charge in [-0.3, -0.25) is 0 Å². The minimum Gasteiger partial charge on any atom is -0.327 e. The van der Waals surface area contributed by atoms with Gasteiger partial charge in [0.2, 0.25) is 0 Å². The molecule has 0 bridgehead atoms. The lowest BCUT2D eigenvalue weighted by Gasteiger charge is -2.14. The van der Waals surface area contributed by atoms with E-state index in [1.165, 1.54) is 15.6 Å². The van der Waals surface area contributed by atoms with Gasteiger partial charge in [0.15, 0.2) is 0 Å². The molecule has 1 aromatic carbocycles. The van der Waals surface area contributed by atoms with Crippen molar-refractivity contribution in [3.05, 3.63) is 33.8 Å². The van der Waals surface area contributed by atoms with E-state index in [9.17, 15) is 0 Å². The summed E-state index contributed by atoms with van der Waals surface area (Å²) in [6, 6.07) is 6.76. The van der Waals surface area contributed by atoms with Gasteiger partial charge in [0.25, 0.3) is 0 Å². The van der Waals surface area contributed by atoms with E-state index >= 15 is 0 Å². The first-order valence-corrected chi connectivity index (χ1v) is 6.29. The fourth-order valence-corrected chi connectivity index (χ4v) is 2.18. The second kappa shape index (κ2) is 5.66. The van der Waals surface area contributed by atoms with E-state index < -0.39 is 0 Å². The number of hydrogen-bond acceptors (Lipinski definition) is 1. The Balaban J connectivity index is 2.60. The molecule has 0 fully saturated rings. The van der Waals surface area contributed by atoms with E-state index in [-0.39, 0.29) is 6.04 Å². The van der Waals surface area contributed by atoms with Crippen LogP contribution in [0.5, 0.6) is 0 Å². The fraction of sp³-hybridized carbons (Fsp3) is 0.538. The molecule has 0 aliphatic heterocycles. The van der Waals surface area contributed by atoms with Gasteiger partial charge in [-0.15, -0.1) is 0 Å². The minimum absolute atomic E-state index is 0.277. The predicted molar refractivity (Wildman–Crippen MR) is 70.0 cm³/mol. The molecule has 0 spiro atoms. The molecular weight excluding hydrogens is 250 g/mol. The van der Waals surface area contributed by atoms with Gasteiger partial charge in [0, 0.05) is 10.5 Å². The Morgan fingerprint density at radius 3 is 2.53 bits per heavy atom. The lowest BCUT2D eigenvalue weighted by atomic mass is 9.98. The first kappa shape index (κ1) is 12.7. The van der Waals surface area contributed by atoms with E-state index in [4.69, 9.17) is 5.73 Å². The maximum atomic E-state index is 6.08. The molecule has 0 saturated heterocycles. The van der Waals surface area contributed by atoms with Crippen LogP contribution in [0, 0.1) is 12.8 Å². The largest absolute Gasteiger partial charge is 0.327 e. The molecule has 2 heteroatoms. The van der Waals surface area contributed by atoms with Gasteiger partial charge >= 0.3 is 0 Å². The Morgan fingerprint density at radius 1 is 1.33 bits per heavy atom. The van der Waals surface area contributed by atoms with Crippen LogP contribution in [0.1, 0.15) is 31.4 Å². The Hall–Kier alpha value is -0.340. The number of rotatable bonds is 4. The van der Waals surface area contributed by atoms with Crippen LogP contribution in [0.15, 0.2) is 22.7 Å². The minimum atomic E-state index is 0.277. The van der Waals surface area contributed by atoms with Gasteiger partial charge in [-0.05, 0) is 42.9 Å². The van der Waals surface area contributed by atoms with Gasteiger partial charge < -0.3 is 5.73 Å². The van der Waals surface area contributed by atoms with Crippen LogP contribution in [-0.2, 0) is 6.42 Å². The molecule has 15 heavy (non-hydrogen) atoms. The van der Waals surface area contributed by atoms with Crippen molar-refractivity contribution < 1.29 is 0 Å². The Morgan fingerprint density at radius 2 is 2.00 bits per heavy atom. The van der Waals surface area contributed by atoms with Crippen molar-refractivity contribution in [3.8, 4) is 0 Å². The maximum Gasteiger partial charge on any atom is 0.0207 e. The van der Waals surface area contributed by atoms with Crippen molar-refractivity contribution in [3.63, 3.8) is 0 Å². The van der Waals surface area contributed by atoms with Crippen molar-refractivity contribution >= 4 is 15.9 Å². The average Bonchev–Trinajstić information content (AvgIpc) is 2.10. The second-order valence-electron chi connectivity index (χ2n) is 4.68. The zero-order valence-corrected chi connectivity index (χ0v) is 11.3. The van der Waals surface area contributed by atoms with Gasteiger partial charge in [0.1, 0.15) is 0 Å². The Kier molecular flexibility index (Phi) is 4.81. The van der Waals surface area contributed by atoms with Crippen LogP contribution >= 0.6 is 15.9 Å².